The third-order valence-electron chi connectivity index (χ3n) is 1.24. The third-order valence-corrected chi connectivity index (χ3v) is 1.69. The van der Waals surface area contributed by atoms with Gasteiger partial charge in [-0.1, -0.05) is 13.8 Å². The van der Waals surface area contributed by atoms with Crippen molar-refractivity contribution < 1.29 is 13.2 Å². The van der Waals surface area contributed by atoms with Gasteiger partial charge in [-0.25, -0.2) is 0 Å². The Balaban J connectivity index is 3.88. The van der Waals surface area contributed by atoms with Gasteiger partial charge in [0, 0.05) is 5.25 Å². The predicted molar refractivity (Wildman–Crippen MR) is 33.7 cm³/mol. The van der Waals surface area contributed by atoms with E-state index in [0.29, 0.717) is 0 Å². The first kappa shape index (κ1) is 9.14. The lowest BCUT2D eigenvalue weighted by Crippen LogP contribution is -2.26. The van der Waals surface area contributed by atoms with Crippen LogP contribution < -0.4 is 0 Å². The summed E-state index contributed by atoms with van der Waals surface area (Å²) in [6.07, 6.45) is -4.10. The first-order valence-corrected chi connectivity index (χ1v) is 3.12. The van der Waals surface area contributed by atoms with Gasteiger partial charge in [-0.3, -0.25) is 0 Å². The molecule has 0 rings (SSSR count). The van der Waals surface area contributed by atoms with Gasteiger partial charge in [0.15, 0.2) is 0 Å². The molecule has 2 atom stereocenters. The molecule has 9 heavy (non-hydrogen) atoms. The maximum atomic E-state index is 11.7. The zero-order valence-corrected chi connectivity index (χ0v) is 6.13. The van der Waals surface area contributed by atoms with Crippen molar-refractivity contribution in [3.05, 3.63) is 0 Å². The summed E-state index contributed by atoms with van der Waals surface area (Å²) in [6.45, 7) is 2.55. The van der Waals surface area contributed by atoms with Gasteiger partial charge in [-0.05, 0) is 0 Å². The van der Waals surface area contributed by atoms with Gasteiger partial charge in [0.25, 0.3) is 0 Å². The number of hydrogen-bond acceptors (Lipinski definition) is 1. The van der Waals surface area contributed by atoms with Crippen LogP contribution in [0.1, 0.15) is 13.8 Å². The molecule has 0 aliphatic carbocycles. The van der Waals surface area contributed by atoms with E-state index in [1.54, 1.807) is 0 Å². The molecular formula is C5H9F3S. The summed E-state index contributed by atoms with van der Waals surface area (Å²) in [5.41, 5.74) is 0. The molecule has 0 aliphatic rings. The van der Waals surface area contributed by atoms with E-state index >= 15 is 0 Å². The van der Waals surface area contributed by atoms with Crippen LogP contribution in [0.2, 0.25) is 0 Å². The van der Waals surface area contributed by atoms with Crippen LogP contribution in [0.25, 0.3) is 0 Å². The average molecular weight is 158 g/mol. The summed E-state index contributed by atoms with van der Waals surface area (Å²) in [4.78, 5) is 0. The van der Waals surface area contributed by atoms with Gasteiger partial charge in [0.05, 0.1) is 5.92 Å². The van der Waals surface area contributed by atoms with E-state index in [2.05, 4.69) is 12.6 Å². The Morgan fingerprint density at radius 3 is 1.56 bits per heavy atom. The second-order valence-corrected chi connectivity index (χ2v) is 2.89. The quantitative estimate of drug-likeness (QED) is 0.557. The van der Waals surface area contributed by atoms with Gasteiger partial charge in [0.1, 0.15) is 0 Å². The van der Waals surface area contributed by atoms with Crippen LogP contribution >= 0.6 is 12.6 Å². The minimum atomic E-state index is -4.10. The Morgan fingerprint density at radius 1 is 1.22 bits per heavy atom. The smallest absolute Gasteiger partial charge is 0.176 e. The van der Waals surface area contributed by atoms with Crippen LogP contribution in [0.5, 0.6) is 0 Å². The molecular weight excluding hydrogens is 149 g/mol. The molecule has 0 aromatic heterocycles. The maximum absolute atomic E-state index is 11.7. The van der Waals surface area contributed by atoms with Crippen LogP contribution in [0.4, 0.5) is 13.2 Å². The second-order valence-electron chi connectivity index (χ2n) is 2.07. The van der Waals surface area contributed by atoms with E-state index < -0.39 is 17.3 Å². The summed E-state index contributed by atoms with van der Waals surface area (Å²) in [7, 11) is 0. The molecule has 0 amide bonds. The fraction of sp³-hybridized carbons (Fsp3) is 1.00. The standard InChI is InChI=1S/C5H9F3S/c1-3(4(2)9)5(6,7)8/h3-4,9H,1-2H3/t3-,4?/m1/s1. The number of alkyl halides is 3. The van der Waals surface area contributed by atoms with Crippen molar-refractivity contribution >= 4 is 12.6 Å². The van der Waals surface area contributed by atoms with Crippen LogP contribution in [0.15, 0.2) is 0 Å². The molecule has 0 heterocycles. The summed E-state index contributed by atoms with van der Waals surface area (Å²) in [5.74, 6) is -1.32. The Bertz CT molecular complexity index is 86.7. The van der Waals surface area contributed by atoms with E-state index in [-0.39, 0.29) is 0 Å². The van der Waals surface area contributed by atoms with Crippen LogP contribution in [0, 0.1) is 5.92 Å². The Kier molecular flexibility index (Phi) is 2.86. The predicted octanol–water partition coefficient (Wildman–Crippen LogP) is 2.50. The van der Waals surface area contributed by atoms with Crippen molar-refractivity contribution in [2.45, 2.75) is 25.3 Å². The lowest BCUT2D eigenvalue weighted by molar-refractivity contribution is -0.168. The van der Waals surface area contributed by atoms with Gasteiger partial charge >= 0.3 is 6.18 Å². The van der Waals surface area contributed by atoms with Crippen LogP contribution in [0.3, 0.4) is 0 Å². The molecule has 0 N–H and O–H groups in total. The topological polar surface area (TPSA) is 0 Å². The molecule has 0 radical (unpaired) electrons. The van der Waals surface area contributed by atoms with E-state index in [4.69, 9.17) is 0 Å². The van der Waals surface area contributed by atoms with Crippen molar-refractivity contribution in [3.63, 3.8) is 0 Å². The summed E-state index contributed by atoms with van der Waals surface area (Å²) in [6, 6.07) is 0. The number of thiol groups is 1. The Hall–Kier alpha value is 0.140. The third kappa shape index (κ3) is 2.98. The van der Waals surface area contributed by atoms with Crippen molar-refractivity contribution in [1.29, 1.82) is 0 Å². The van der Waals surface area contributed by atoms with Crippen molar-refractivity contribution in [1.82, 2.24) is 0 Å². The Labute approximate surface area is 57.9 Å². The van der Waals surface area contributed by atoms with Gasteiger partial charge in [-0.15, -0.1) is 0 Å². The number of halogens is 3. The zero-order valence-electron chi connectivity index (χ0n) is 5.24. The largest absolute Gasteiger partial charge is 0.392 e. The highest BCUT2D eigenvalue weighted by Gasteiger charge is 2.37. The first-order chi connectivity index (χ1) is 3.85. The molecule has 0 aromatic carbocycles. The number of rotatable bonds is 1. The second kappa shape index (κ2) is 2.82. The minimum Gasteiger partial charge on any atom is -0.176 e. The molecule has 0 spiro atoms. The molecule has 0 bridgehead atoms. The summed E-state index contributed by atoms with van der Waals surface area (Å²) in [5, 5.41) is -0.620. The zero-order chi connectivity index (χ0) is 7.65. The molecule has 0 aromatic rings. The molecule has 1 unspecified atom stereocenters. The van der Waals surface area contributed by atoms with E-state index in [0.717, 1.165) is 6.92 Å². The van der Waals surface area contributed by atoms with E-state index in [1.807, 2.05) is 0 Å². The van der Waals surface area contributed by atoms with E-state index in [9.17, 15) is 13.2 Å². The van der Waals surface area contributed by atoms with Crippen molar-refractivity contribution in [2.75, 3.05) is 0 Å². The van der Waals surface area contributed by atoms with Crippen molar-refractivity contribution in [3.8, 4) is 0 Å². The lowest BCUT2D eigenvalue weighted by atomic mass is 10.1. The molecule has 0 saturated heterocycles. The summed E-state index contributed by atoms with van der Waals surface area (Å²) < 4.78 is 35.0. The van der Waals surface area contributed by atoms with E-state index in [1.165, 1.54) is 6.92 Å². The minimum absolute atomic E-state index is 0.620. The summed E-state index contributed by atoms with van der Waals surface area (Å²) >= 11 is 3.67. The normalized spacial score (nSPS) is 19.3. The van der Waals surface area contributed by atoms with Crippen LogP contribution in [-0.2, 0) is 0 Å². The fourth-order valence-corrected chi connectivity index (χ4v) is 0.443. The molecule has 0 fully saturated rings. The molecule has 56 valence electrons. The number of hydrogen-bond donors (Lipinski definition) is 1. The van der Waals surface area contributed by atoms with Gasteiger partial charge in [0.2, 0.25) is 0 Å². The highest BCUT2D eigenvalue weighted by atomic mass is 32.1. The van der Waals surface area contributed by atoms with Gasteiger partial charge < -0.3 is 0 Å². The molecule has 4 heteroatoms. The van der Waals surface area contributed by atoms with Crippen LogP contribution in [-0.4, -0.2) is 11.4 Å². The SMILES string of the molecule is CC(S)[C@@H](C)C(F)(F)F. The molecule has 0 saturated carbocycles. The first-order valence-electron chi connectivity index (χ1n) is 2.60. The molecule has 0 aliphatic heterocycles. The monoisotopic (exact) mass is 158 g/mol. The maximum Gasteiger partial charge on any atom is 0.392 e. The fourth-order valence-electron chi connectivity index (χ4n) is 0.273. The van der Waals surface area contributed by atoms with Gasteiger partial charge in [-0.2, -0.15) is 25.8 Å². The molecule has 0 nitrogen and oxygen atoms in total. The average Bonchev–Trinajstić information content (AvgIpc) is 1.62. The lowest BCUT2D eigenvalue weighted by Gasteiger charge is -2.17. The highest BCUT2D eigenvalue weighted by Crippen LogP contribution is 2.30. The van der Waals surface area contributed by atoms with Crippen molar-refractivity contribution in [2.24, 2.45) is 5.92 Å². The Morgan fingerprint density at radius 2 is 1.56 bits per heavy atom. The highest BCUT2D eigenvalue weighted by molar-refractivity contribution is 7.80.